The summed E-state index contributed by atoms with van der Waals surface area (Å²) in [5.41, 5.74) is 4.05. The number of ether oxygens (including phenoxy) is 4. The molecule has 0 saturated carbocycles. The number of hydrogen-bond acceptors (Lipinski definition) is 8. The standard InChI is InChI=1S/C43H32O8/c1-8-40(44)50-38-25-34(33-18-11-30(12-19-33)9-10-31-13-20-35(21-14-31)48-41(45)27(2)3)26-39(51-43(47)29(6)7)37(38)24-17-32-15-22-36(23-16-32)49-42(46)28(4)5/h8,11-16,18-23,25-26H,1-2,4,6H2,3,5,7H3. The monoisotopic (exact) mass is 676 g/mol. The number of carbonyl (C=O) groups excluding carboxylic acids is 4. The molecule has 0 saturated heterocycles. The zero-order valence-corrected chi connectivity index (χ0v) is 28.3. The summed E-state index contributed by atoms with van der Waals surface area (Å²) in [6.07, 6.45) is 1.00. The van der Waals surface area contributed by atoms with Crippen molar-refractivity contribution in [3.8, 4) is 57.8 Å². The second-order valence-electron chi connectivity index (χ2n) is 11.1. The van der Waals surface area contributed by atoms with Gasteiger partial charge in [0, 0.05) is 39.5 Å². The molecule has 0 aliphatic carbocycles. The molecular weight excluding hydrogens is 644 g/mol. The molecule has 0 N–H and O–H groups in total. The Kier molecular flexibility index (Phi) is 12.1. The van der Waals surface area contributed by atoms with Crippen LogP contribution in [-0.2, 0) is 19.2 Å². The molecule has 51 heavy (non-hydrogen) atoms. The molecule has 0 fully saturated rings. The fraction of sp³-hybridized carbons (Fsp3) is 0.0698. The lowest BCUT2D eigenvalue weighted by atomic mass is 10.0. The van der Waals surface area contributed by atoms with E-state index in [4.69, 9.17) is 18.9 Å². The molecule has 4 aromatic carbocycles. The van der Waals surface area contributed by atoms with Gasteiger partial charge in [-0.2, -0.15) is 0 Å². The Bertz CT molecular complexity index is 2200. The van der Waals surface area contributed by atoms with Crippen molar-refractivity contribution >= 4 is 23.9 Å². The van der Waals surface area contributed by atoms with Crippen LogP contribution in [0.25, 0.3) is 11.1 Å². The summed E-state index contributed by atoms with van der Waals surface area (Å²) in [5.74, 6) is 10.3. The Morgan fingerprint density at radius 3 is 1.29 bits per heavy atom. The maximum atomic E-state index is 12.7. The molecule has 0 aliphatic rings. The van der Waals surface area contributed by atoms with Crippen molar-refractivity contribution in [2.75, 3.05) is 0 Å². The van der Waals surface area contributed by atoms with Gasteiger partial charge in [0.15, 0.2) is 11.5 Å². The first-order valence-electron chi connectivity index (χ1n) is 15.3. The smallest absolute Gasteiger partial charge is 0.338 e. The highest BCUT2D eigenvalue weighted by atomic mass is 16.6. The zero-order chi connectivity index (χ0) is 37.1. The Hall–Kier alpha value is -7.16. The highest BCUT2D eigenvalue weighted by Crippen LogP contribution is 2.36. The van der Waals surface area contributed by atoms with Crippen molar-refractivity contribution < 1.29 is 38.1 Å². The lowest BCUT2D eigenvalue weighted by molar-refractivity contribution is -0.131. The van der Waals surface area contributed by atoms with Crippen LogP contribution in [0.2, 0.25) is 0 Å². The summed E-state index contributed by atoms with van der Waals surface area (Å²) in [5, 5.41) is 0. The fourth-order valence-electron chi connectivity index (χ4n) is 4.00. The Morgan fingerprint density at radius 2 is 0.882 bits per heavy atom. The van der Waals surface area contributed by atoms with E-state index in [1.807, 2.05) is 24.3 Å². The summed E-state index contributed by atoms with van der Waals surface area (Å²) in [7, 11) is 0. The number of rotatable bonds is 9. The summed E-state index contributed by atoms with van der Waals surface area (Å²) in [6, 6.07) is 23.7. The lowest BCUT2D eigenvalue weighted by Crippen LogP contribution is -2.11. The van der Waals surface area contributed by atoms with Crippen molar-refractivity contribution in [2.24, 2.45) is 0 Å². The van der Waals surface area contributed by atoms with E-state index < -0.39 is 23.9 Å². The van der Waals surface area contributed by atoms with Gasteiger partial charge in [-0.1, -0.05) is 62.1 Å². The Balaban J connectivity index is 1.68. The van der Waals surface area contributed by atoms with Gasteiger partial charge in [-0.25, -0.2) is 19.2 Å². The Labute approximate surface area is 296 Å². The van der Waals surface area contributed by atoms with E-state index in [9.17, 15) is 19.2 Å². The molecule has 4 aromatic rings. The van der Waals surface area contributed by atoms with Crippen LogP contribution in [0.3, 0.4) is 0 Å². The molecule has 0 amide bonds. The molecule has 8 heteroatoms. The van der Waals surface area contributed by atoms with E-state index in [0.717, 1.165) is 6.08 Å². The van der Waals surface area contributed by atoms with Crippen molar-refractivity contribution in [1.82, 2.24) is 0 Å². The van der Waals surface area contributed by atoms with Gasteiger partial charge in [0.25, 0.3) is 0 Å². The van der Waals surface area contributed by atoms with Crippen molar-refractivity contribution in [3.63, 3.8) is 0 Å². The van der Waals surface area contributed by atoms with Crippen LogP contribution in [0.5, 0.6) is 23.0 Å². The van der Waals surface area contributed by atoms with Crippen LogP contribution in [0.15, 0.2) is 134 Å². The molecule has 0 aliphatic heterocycles. The normalized spacial score (nSPS) is 9.78. The average molecular weight is 677 g/mol. The summed E-state index contributed by atoms with van der Waals surface area (Å²) in [6.45, 7) is 18.9. The Morgan fingerprint density at radius 1 is 0.510 bits per heavy atom. The molecule has 252 valence electrons. The molecule has 0 atom stereocenters. The largest absolute Gasteiger partial charge is 0.423 e. The molecule has 4 rings (SSSR count). The first kappa shape index (κ1) is 36.7. The first-order valence-corrected chi connectivity index (χ1v) is 15.3. The van der Waals surface area contributed by atoms with Gasteiger partial charge in [-0.15, -0.1) is 0 Å². The van der Waals surface area contributed by atoms with E-state index in [-0.39, 0.29) is 28.2 Å². The van der Waals surface area contributed by atoms with Gasteiger partial charge in [0.2, 0.25) is 0 Å². The van der Waals surface area contributed by atoms with E-state index in [0.29, 0.717) is 44.9 Å². The maximum absolute atomic E-state index is 12.7. The molecule has 0 unspecified atom stereocenters. The van der Waals surface area contributed by atoms with Crippen molar-refractivity contribution in [1.29, 1.82) is 0 Å². The molecule has 8 nitrogen and oxygen atoms in total. The van der Waals surface area contributed by atoms with Crippen LogP contribution in [-0.4, -0.2) is 23.9 Å². The topological polar surface area (TPSA) is 105 Å². The molecule has 0 radical (unpaired) electrons. The molecular formula is C43H32O8. The predicted octanol–water partition coefficient (Wildman–Crippen LogP) is 7.69. The third-order valence-corrected chi connectivity index (χ3v) is 6.72. The number of benzene rings is 4. The third kappa shape index (κ3) is 10.4. The van der Waals surface area contributed by atoms with E-state index in [1.54, 1.807) is 74.5 Å². The number of carbonyl (C=O) groups is 4. The van der Waals surface area contributed by atoms with Crippen LogP contribution >= 0.6 is 0 Å². The maximum Gasteiger partial charge on any atom is 0.338 e. The minimum atomic E-state index is -0.747. The minimum Gasteiger partial charge on any atom is -0.423 e. The van der Waals surface area contributed by atoms with E-state index >= 15 is 0 Å². The van der Waals surface area contributed by atoms with E-state index in [2.05, 4.69) is 50.0 Å². The van der Waals surface area contributed by atoms with Crippen LogP contribution < -0.4 is 18.9 Å². The van der Waals surface area contributed by atoms with Gasteiger partial charge in [0.1, 0.15) is 17.1 Å². The number of esters is 4. The predicted molar refractivity (Wildman–Crippen MR) is 194 cm³/mol. The van der Waals surface area contributed by atoms with Crippen LogP contribution in [0.4, 0.5) is 0 Å². The SMILES string of the molecule is C=CC(=O)Oc1cc(-c2ccc(C#Cc3ccc(OC(=O)C(=C)C)cc3)cc2)cc(OC(=O)C(=C)C)c1C#Cc1ccc(OC(=O)C(=C)C)cc1. The molecule has 0 aromatic heterocycles. The van der Waals surface area contributed by atoms with Gasteiger partial charge in [-0.3, -0.25) is 0 Å². The summed E-state index contributed by atoms with van der Waals surface area (Å²) in [4.78, 5) is 48.7. The van der Waals surface area contributed by atoms with Gasteiger partial charge < -0.3 is 18.9 Å². The average Bonchev–Trinajstić information content (AvgIpc) is 3.11. The quantitative estimate of drug-likeness (QED) is 0.0769. The molecule has 0 spiro atoms. The van der Waals surface area contributed by atoms with Crippen molar-refractivity contribution in [2.45, 2.75) is 20.8 Å². The second kappa shape index (κ2) is 16.8. The third-order valence-electron chi connectivity index (χ3n) is 6.72. The first-order chi connectivity index (χ1) is 24.3. The molecule has 0 bridgehead atoms. The zero-order valence-electron chi connectivity index (χ0n) is 28.3. The highest BCUT2D eigenvalue weighted by molar-refractivity contribution is 5.91. The lowest BCUT2D eigenvalue weighted by Gasteiger charge is -2.14. The van der Waals surface area contributed by atoms with Crippen LogP contribution in [0, 0.1) is 23.7 Å². The summed E-state index contributed by atoms with van der Waals surface area (Å²) >= 11 is 0. The minimum absolute atomic E-state index is 0.0302. The van der Waals surface area contributed by atoms with Crippen molar-refractivity contribution in [3.05, 3.63) is 156 Å². The second-order valence-corrected chi connectivity index (χ2v) is 11.1. The summed E-state index contributed by atoms with van der Waals surface area (Å²) < 4.78 is 21.7. The van der Waals surface area contributed by atoms with Gasteiger partial charge in [0.05, 0.1) is 0 Å². The number of hydrogen-bond donors (Lipinski definition) is 0. The fourth-order valence-corrected chi connectivity index (χ4v) is 4.00. The van der Waals surface area contributed by atoms with Gasteiger partial charge >= 0.3 is 23.9 Å². The van der Waals surface area contributed by atoms with E-state index in [1.165, 1.54) is 6.92 Å². The van der Waals surface area contributed by atoms with Crippen LogP contribution in [0.1, 0.15) is 43.0 Å². The highest BCUT2D eigenvalue weighted by Gasteiger charge is 2.18. The van der Waals surface area contributed by atoms with Gasteiger partial charge in [-0.05, 0) is 105 Å². The molecule has 0 heterocycles.